The SMILES string of the molecule is CN1CC(F)(F)CC1CC1(OC(C)(C)C)CCCC1. The highest BCUT2D eigenvalue weighted by molar-refractivity contribution is 4.97. The van der Waals surface area contributed by atoms with Crippen molar-refractivity contribution in [1.29, 1.82) is 0 Å². The predicted octanol–water partition coefficient (Wildman–Crippen LogP) is 3.84. The summed E-state index contributed by atoms with van der Waals surface area (Å²) in [7, 11) is 1.81. The Hall–Kier alpha value is -0.220. The van der Waals surface area contributed by atoms with Gasteiger partial charge in [0.15, 0.2) is 0 Å². The Morgan fingerprint density at radius 2 is 1.79 bits per heavy atom. The van der Waals surface area contributed by atoms with E-state index in [9.17, 15) is 8.78 Å². The maximum Gasteiger partial charge on any atom is 0.262 e. The number of hydrogen-bond donors (Lipinski definition) is 0. The summed E-state index contributed by atoms with van der Waals surface area (Å²) >= 11 is 0. The van der Waals surface area contributed by atoms with E-state index in [-0.39, 0.29) is 30.2 Å². The van der Waals surface area contributed by atoms with E-state index in [0.29, 0.717) is 0 Å². The van der Waals surface area contributed by atoms with E-state index in [4.69, 9.17) is 4.74 Å². The topological polar surface area (TPSA) is 12.5 Å². The van der Waals surface area contributed by atoms with Gasteiger partial charge in [0, 0.05) is 12.5 Å². The molecule has 1 heterocycles. The predicted molar refractivity (Wildman–Crippen MR) is 72.6 cm³/mol. The van der Waals surface area contributed by atoms with Crippen molar-refractivity contribution in [3.8, 4) is 0 Å². The second kappa shape index (κ2) is 4.96. The molecule has 0 amide bonds. The molecule has 0 aromatic heterocycles. The number of likely N-dealkylation sites (tertiary alicyclic amines) is 1. The first-order valence-corrected chi connectivity index (χ1v) is 7.39. The molecule has 0 radical (unpaired) electrons. The maximum atomic E-state index is 13.5. The molecular weight excluding hydrogens is 248 g/mol. The smallest absolute Gasteiger partial charge is 0.262 e. The molecule has 1 saturated heterocycles. The lowest BCUT2D eigenvalue weighted by atomic mass is 9.90. The van der Waals surface area contributed by atoms with Crippen LogP contribution in [0.25, 0.3) is 0 Å². The Bertz CT molecular complexity index is 319. The molecule has 2 fully saturated rings. The van der Waals surface area contributed by atoms with E-state index in [0.717, 1.165) is 32.1 Å². The second-order valence-corrected chi connectivity index (χ2v) is 7.44. The van der Waals surface area contributed by atoms with Crippen molar-refractivity contribution in [1.82, 2.24) is 4.90 Å². The Morgan fingerprint density at radius 3 is 2.21 bits per heavy atom. The molecule has 4 heteroatoms. The summed E-state index contributed by atoms with van der Waals surface area (Å²) in [5.74, 6) is -2.53. The molecule has 2 aliphatic rings. The second-order valence-electron chi connectivity index (χ2n) is 7.44. The Labute approximate surface area is 115 Å². The van der Waals surface area contributed by atoms with Gasteiger partial charge in [0.25, 0.3) is 5.92 Å². The quantitative estimate of drug-likeness (QED) is 0.776. The molecule has 2 nitrogen and oxygen atoms in total. The largest absolute Gasteiger partial charge is 0.369 e. The molecule has 1 atom stereocenters. The number of halogens is 2. The van der Waals surface area contributed by atoms with Crippen LogP contribution >= 0.6 is 0 Å². The number of rotatable bonds is 3. The first kappa shape index (κ1) is 15.2. The zero-order valence-electron chi connectivity index (χ0n) is 12.6. The van der Waals surface area contributed by atoms with Gasteiger partial charge in [-0.25, -0.2) is 8.78 Å². The van der Waals surface area contributed by atoms with Crippen LogP contribution in [0.3, 0.4) is 0 Å². The molecule has 1 aliphatic heterocycles. The van der Waals surface area contributed by atoms with Crippen molar-refractivity contribution in [2.24, 2.45) is 0 Å². The fraction of sp³-hybridized carbons (Fsp3) is 1.00. The average molecular weight is 275 g/mol. The summed E-state index contributed by atoms with van der Waals surface area (Å²) < 4.78 is 33.3. The summed E-state index contributed by atoms with van der Waals surface area (Å²) in [6, 6.07) is -0.0459. The van der Waals surface area contributed by atoms with Crippen molar-refractivity contribution in [3.63, 3.8) is 0 Å². The minimum Gasteiger partial charge on any atom is -0.369 e. The number of alkyl halides is 2. The first-order valence-electron chi connectivity index (χ1n) is 7.39. The van der Waals surface area contributed by atoms with Crippen LogP contribution in [-0.2, 0) is 4.74 Å². The van der Waals surface area contributed by atoms with Gasteiger partial charge in [-0.15, -0.1) is 0 Å². The monoisotopic (exact) mass is 275 g/mol. The van der Waals surface area contributed by atoms with Crippen LogP contribution < -0.4 is 0 Å². The van der Waals surface area contributed by atoms with E-state index in [1.165, 1.54) is 0 Å². The van der Waals surface area contributed by atoms with Gasteiger partial charge in [-0.05, 0) is 47.1 Å². The molecule has 0 bridgehead atoms. The van der Waals surface area contributed by atoms with Crippen molar-refractivity contribution in [2.75, 3.05) is 13.6 Å². The van der Waals surface area contributed by atoms with Gasteiger partial charge >= 0.3 is 0 Å². The normalized spacial score (nSPS) is 30.9. The maximum absolute atomic E-state index is 13.5. The Morgan fingerprint density at radius 1 is 1.21 bits per heavy atom. The van der Waals surface area contributed by atoms with Gasteiger partial charge < -0.3 is 4.74 Å². The lowest BCUT2D eigenvalue weighted by molar-refractivity contribution is -0.139. The molecule has 1 aliphatic carbocycles. The van der Waals surface area contributed by atoms with Gasteiger partial charge in [-0.2, -0.15) is 0 Å². The van der Waals surface area contributed by atoms with Crippen LogP contribution in [0.5, 0.6) is 0 Å². The highest BCUT2D eigenvalue weighted by Gasteiger charge is 2.48. The molecule has 112 valence electrons. The van der Waals surface area contributed by atoms with Gasteiger partial charge in [-0.1, -0.05) is 12.8 Å². The van der Waals surface area contributed by atoms with Crippen LogP contribution in [-0.4, -0.2) is 41.7 Å². The summed E-state index contributed by atoms with van der Waals surface area (Å²) in [5.41, 5.74) is -0.387. The lowest BCUT2D eigenvalue weighted by Gasteiger charge is -2.39. The minimum absolute atomic E-state index is 0.0151. The van der Waals surface area contributed by atoms with Gasteiger partial charge in [0.1, 0.15) is 0 Å². The summed E-state index contributed by atoms with van der Waals surface area (Å²) in [5, 5.41) is 0. The van der Waals surface area contributed by atoms with Crippen molar-refractivity contribution in [2.45, 2.75) is 82.5 Å². The fourth-order valence-corrected chi connectivity index (χ4v) is 3.73. The third-order valence-electron chi connectivity index (χ3n) is 4.28. The average Bonchev–Trinajstić information content (AvgIpc) is 2.70. The molecule has 0 aromatic carbocycles. The first-order chi connectivity index (χ1) is 8.61. The van der Waals surface area contributed by atoms with Gasteiger partial charge in [0.05, 0.1) is 17.7 Å². The van der Waals surface area contributed by atoms with Crippen molar-refractivity contribution >= 4 is 0 Å². The molecule has 2 rings (SSSR count). The van der Waals surface area contributed by atoms with E-state index < -0.39 is 5.92 Å². The fourth-order valence-electron chi connectivity index (χ4n) is 3.73. The highest BCUT2D eigenvalue weighted by Crippen LogP contribution is 2.43. The van der Waals surface area contributed by atoms with E-state index in [2.05, 4.69) is 20.8 Å². The summed E-state index contributed by atoms with van der Waals surface area (Å²) in [6.07, 6.45) is 5.07. The highest BCUT2D eigenvalue weighted by atomic mass is 19.3. The number of hydrogen-bond acceptors (Lipinski definition) is 2. The minimum atomic E-state index is -2.53. The summed E-state index contributed by atoms with van der Waals surface area (Å²) in [6.45, 7) is 6.06. The molecule has 0 aromatic rings. The lowest BCUT2D eigenvalue weighted by Crippen LogP contribution is -2.42. The van der Waals surface area contributed by atoms with E-state index >= 15 is 0 Å². The van der Waals surface area contributed by atoms with Crippen LogP contribution in [0, 0.1) is 0 Å². The number of ether oxygens (including phenoxy) is 1. The Balaban J connectivity index is 2.05. The molecule has 0 N–H and O–H groups in total. The standard InChI is InChI=1S/C15H27F2NO/c1-13(2,3)19-14(7-5-6-8-14)9-12-10-15(16,17)11-18(12)4/h12H,5-11H2,1-4H3. The third kappa shape index (κ3) is 3.88. The molecule has 1 unspecified atom stereocenters. The number of nitrogens with zero attached hydrogens (tertiary/aromatic N) is 1. The zero-order chi connectivity index (χ0) is 14.3. The molecule has 19 heavy (non-hydrogen) atoms. The van der Waals surface area contributed by atoms with Crippen LogP contribution in [0.4, 0.5) is 8.78 Å². The van der Waals surface area contributed by atoms with Crippen LogP contribution in [0.1, 0.15) is 59.3 Å². The van der Waals surface area contributed by atoms with Crippen molar-refractivity contribution < 1.29 is 13.5 Å². The van der Waals surface area contributed by atoms with Crippen LogP contribution in [0.2, 0.25) is 0 Å². The molecule has 0 spiro atoms. The van der Waals surface area contributed by atoms with Crippen LogP contribution in [0.15, 0.2) is 0 Å². The molecular formula is C15H27F2NO. The zero-order valence-corrected chi connectivity index (χ0v) is 12.6. The summed E-state index contributed by atoms with van der Waals surface area (Å²) in [4.78, 5) is 1.81. The van der Waals surface area contributed by atoms with E-state index in [1.54, 1.807) is 0 Å². The van der Waals surface area contributed by atoms with Crippen molar-refractivity contribution in [3.05, 3.63) is 0 Å². The van der Waals surface area contributed by atoms with Gasteiger partial charge in [0.2, 0.25) is 0 Å². The third-order valence-corrected chi connectivity index (χ3v) is 4.28. The van der Waals surface area contributed by atoms with Gasteiger partial charge in [-0.3, -0.25) is 4.90 Å². The molecule has 1 saturated carbocycles. The Kier molecular flexibility index (Phi) is 3.96. The van der Waals surface area contributed by atoms with E-state index in [1.807, 2.05) is 11.9 Å².